The molecule has 1 aliphatic rings. The zero-order valence-corrected chi connectivity index (χ0v) is 16.0. The average molecular weight is 373 g/mol. The Kier molecular flexibility index (Phi) is 5.94. The van der Waals surface area contributed by atoms with Crippen molar-refractivity contribution in [3.8, 4) is 0 Å². The number of nitrogens with zero attached hydrogens (tertiary/aromatic N) is 1. The van der Waals surface area contributed by atoms with Crippen molar-refractivity contribution in [2.45, 2.75) is 44.9 Å². The highest BCUT2D eigenvalue weighted by molar-refractivity contribution is 7.88. The lowest BCUT2D eigenvalue weighted by atomic mass is 9.97. The largest absolute Gasteiger partial charge is 0.351 e. The number of piperidine rings is 1. The van der Waals surface area contributed by atoms with Crippen LogP contribution >= 0.6 is 11.6 Å². The summed E-state index contributed by atoms with van der Waals surface area (Å²) in [5, 5.41) is 3.52. The highest BCUT2D eigenvalue weighted by atomic mass is 35.5. The van der Waals surface area contributed by atoms with Crippen LogP contribution in [0.15, 0.2) is 24.3 Å². The first-order chi connectivity index (χ1) is 11.1. The number of benzene rings is 1. The molecule has 1 heterocycles. The SMILES string of the molecule is CC(C)(C)NC(=O)C1CCCN(S(=O)(=O)Cc2ccc(Cl)cc2)C1. The lowest BCUT2D eigenvalue weighted by Crippen LogP contribution is -2.49. The van der Waals surface area contributed by atoms with Gasteiger partial charge in [-0.05, 0) is 51.3 Å². The molecule has 1 aliphatic heterocycles. The van der Waals surface area contributed by atoms with Crippen molar-refractivity contribution >= 4 is 27.5 Å². The summed E-state index contributed by atoms with van der Waals surface area (Å²) < 4.78 is 26.8. The van der Waals surface area contributed by atoms with Crippen LogP contribution in [0, 0.1) is 5.92 Å². The van der Waals surface area contributed by atoms with Gasteiger partial charge in [0, 0.05) is 23.7 Å². The lowest BCUT2D eigenvalue weighted by Gasteiger charge is -2.33. The Balaban J connectivity index is 2.04. The fourth-order valence-electron chi connectivity index (χ4n) is 2.76. The molecular formula is C17H25ClN2O3S. The van der Waals surface area contributed by atoms with Crippen LogP contribution in [0.3, 0.4) is 0 Å². The van der Waals surface area contributed by atoms with Crippen LogP contribution in [-0.2, 0) is 20.6 Å². The van der Waals surface area contributed by atoms with Crippen molar-refractivity contribution in [1.82, 2.24) is 9.62 Å². The third-order valence-corrected chi connectivity index (χ3v) is 5.98. The molecule has 0 radical (unpaired) electrons. The standard InChI is InChI=1S/C17H25ClN2O3S/c1-17(2,3)19-16(21)14-5-4-10-20(11-14)24(22,23)12-13-6-8-15(18)9-7-13/h6-9,14H,4-5,10-12H2,1-3H3,(H,19,21). The molecule has 1 atom stereocenters. The molecular weight excluding hydrogens is 348 g/mol. The second kappa shape index (κ2) is 7.42. The number of carbonyl (C=O) groups is 1. The van der Waals surface area contributed by atoms with E-state index in [9.17, 15) is 13.2 Å². The summed E-state index contributed by atoms with van der Waals surface area (Å²) in [6.07, 6.45) is 1.41. The molecule has 2 rings (SSSR count). The van der Waals surface area contributed by atoms with E-state index < -0.39 is 10.0 Å². The molecule has 1 unspecified atom stereocenters. The molecule has 1 saturated heterocycles. The van der Waals surface area contributed by atoms with Gasteiger partial charge in [0.15, 0.2) is 0 Å². The number of sulfonamides is 1. The predicted octanol–water partition coefficient (Wildman–Crippen LogP) is 2.80. The summed E-state index contributed by atoms with van der Waals surface area (Å²) in [6, 6.07) is 6.80. The number of amides is 1. The van der Waals surface area contributed by atoms with E-state index in [1.54, 1.807) is 24.3 Å². The quantitative estimate of drug-likeness (QED) is 0.883. The van der Waals surface area contributed by atoms with E-state index in [0.717, 1.165) is 6.42 Å². The molecule has 1 aromatic rings. The van der Waals surface area contributed by atoms with Crippen LogP contribution in [0.1, 0.15) is 39.2 Å². The number of hydrogen-bond acceptors (Lipinski definition) is 3. The molecule has 1 aromatic carbocycles. The number of carbonyl (C=O) groups excluding carboxylic acids is 1. The highest BCUT2D eigenvalue weighted by Crippen LogP contribution is 2.22. The lowest BCUT2D eigenvalue weighted by molar-refractivity contribution is -0.127. The summed E-state index contributed by atoms with van der Waals surface area (Å²) >= 11 is 5.83. The summed E-state index contributed by atoms with van der Waals surface area (Å²) in [5.74, 6) is -0.440. The molecule has 0 aromatic heterocycles. The minimum Gasteiger partial charge on any atom is -0.351 e. The van der Waals surface area contributed by atoms with Gasteiger partial charge in [0.1, 0.15) is 0 Å². The van der Waals surface area contributed by atoms with Crippen molar-refractivity contribution < 1.29 is 13.2 Å². The van der Waals surface area contributed by atoms with Gasteiger partial charge in [-0.3, -0.25) is 4.79 Å². The smallest absolute Gasteiger partial charge is 0.224 e. The number of rotatable bonds is 4. The zero-order valence-electron chi connectivity index (χ0n) is 14.4. The molecule has 1 N–H and O–H groups in total. The van der Waals surface area contributed by atoms with E-state index in [1.807, 2.05) is 20.8 Å². The minimum absolute atomic E-state index is 0.0716. The summed E-state index contributed by atoms with van der Waals surface area (Å²) in [4.78, 5) is 12.3. The maximum Gasteiger partial charge on any atom is 0.224 e. The first kappa shape index (κ1) is 19.2. The molecule has 5 nitrogen and oxygen atoms in total. The molecule has 1 amide bonds. The Morgan fingerprint density at radius 1 is 1.29 bits per heavy atom. The molecule has 24 heavy (non-hydrogen) atoms. The van der Waals surface area contributed by atoms with Gasteiger partial charge in [-0.15, -0.1) is 0 Å². The van der Waals surface area contributed by atoms with Crippen molar-refractivity contribution in [3.63, 3.8) is 0 Å². The average Bonchev–Trinajstić information content (AvgIpc) is 2.48. The molecule has 0 aliphatic carbocycles. The van der Waals surface area contributed by atoms with Gasteiger partial charge in [-0.25, -0.2) is 12.7 Å². The summed E-state index contributed by atoms with van der Waals surface area (Å²) in [7, 11) is -3.45. The molecule has 0 spiro atoms. The topological polar surface area (TPSA) is 66.5 Å². The van der Waals surface area contributed by atoms with Crippen LogP contribution in [0.2, 0.25) is 5.02 Å². The Labute approximate surface area is 149 Å². The van der Waals surface area contributed by atoms with Gasteiger partial charge in [-0.1, -0.05) is 23.7 Å². The van der Waals surface area contributed by atoms with Crippen LogP contribution < -0.4 is 5.32 Å². The second-order valence-electron chi connectivity index (χ2n) is 7.32. The van der Waals surface area contributed by atoms with Gasteiger partial charge in [0.25, 0.3) is 0 Å². The molecule has 0 bridgehead atoms. The molecule has 1 fully saturated rings. The fraction of sp³-hybridized carbons (Fsp3) is 0.588. The van der Waals surface area contributed by atoms with E-state index in [1.165, 1.54) is 4.31 Å². The van der Waals surface area contributed by atoms with Gasteiger partial charge >= 0.3 is 0 Å². The van der Waals surface area contributed by atoms with E-state index in [2.05, 4.69) is 5.32 Å². The van der Waals surface area contributed by atoms with Gasteiger partial charge in [0.05, 0.1) is 11.7 Å². The van der Waals surface area contributed by atoms with Gasteiger partial charge in [-0.2, -0.15) is 0 Å². The van der Waals surface area contributed by atoms with Crippen molar-refractivity contribution in [2.75, 3.05) is 13.1 Å². The second-order valence-corrected chi connectivity index (χ2v) is 9.72. The zero-order chi connectivity index (χ0) is 18.0. The fourth-order valence-corrected chi connectivity index (χ4v) is 4.50. The maximum absolute atomic E-state index is 12.7. The summed E-state index contributed by atoms with van der Waals surface area (Å²) in [6.45, 7) is 6.47. The summed E-state index contributed by atoms with van der Waals surface area (Å²) in [5.41, 5.74) is 0.377. The third-order valence-electron chi connectivity index (χ3n) is 3.91. The first-order valence-electron chi connectivity index (χ1n) is 8.11. The minimum atomic E-state index is -3.45. The highest BCUT2D eigenvalue weighted by Gasteiger charge is 2.33. The Morgan fingerprint density at radius 3 is 2.50 bits per heavy atom. The Morgan fingerprint density at radius 2 is 1.92 bits per heavy atom. The van der Waals surface area contributed by atoms with Crippen molar-refractivity contribution in [2.24, 2.45) is 5.92 Å². The molecule has 7 heteroatoms. The monoisotopic (exact) mass is 372 g/mol. The maximum atomic E-state index is 12.7. The van der Waals surface area contributed by atoms with Crippen LogP contribution in [0.25, 0.3) is 0 Å². The number of nitrogens with one attached hydrogen (secondary N) is 1. The molecule has 0 saturated carbocycles. The van der Waals surface area contributed by atoms with Crippen LogP contribution in [-0.4, -0.2) is 37.3 Å². The number of halogens is 1. The van der Waals surface area contributed by atoms with Crippen molar-refractivity contribution in [3.05, 3.63) is 34.9 Å². The predicted molar refractivity (Wildman–Crippen MR) is 96.3 cm³/mol. The van der Waals surface area contributed by atoms with E-state index >= 15 is 0 Å². The first-order valence-corrected chi connectivity index (χ1v) is 10.1. The Bertz CT molecular complexity index is 681. The normalized spacial score (nSPS) is 19.9. The van der Waals surface area contributed by atoms with Crippen LogP contribution in [0.5, 0.6) is 0 Å². The van der Waals surface area contributed by atoms with Gasteiger partial charge < -0.3 is 5.32 Å². The third kappa shape index (κ3) is 5.46. The van der Waals surface area contributed by atoms with Gasteiger partial charge in [0.2, 0.25) is 15.9 Å². The van der Waals surface area contributed by atoms with E-state index in [4.69, 9.17) is 11.6 Å². The number of hydrogen-bond donors (Lipinski definition) is 1. The van der Waals surface area contributed by atoms with E-state index in [0.29, 0.717) is 23.6 Å². The van der Waals surface area contributed by atoms with Crippen LogP contribution in [0.4, 0.5) is 0 Å². The Hall–Kier alpha value is -1.11. The van der Waals surface area contributed by atoms with E-state index in [-0.39, 0.29) is 29.7 Å². The molecule has 134 valence electrons. The van der Waals surface area contributed by atoms with Crippen molar-refractivity contribution in [1.29, 1.82) is 0 Å².